The zero-order valence-corrected chi connectivity index (χ0v) is 14.0. The Labute approximate surface area is 138 Å². The molecule has 3 heterocycles. The van der Waals surface area contributed by atoms with Gasteiger partial charge in [0.05, 0.1) is 12.1 Å². The number of piperidine rings is 1. The van der Waals surface area contributed by atoms with Crippen LogP contribution in [0, 0.1) is 5.41 Å². The fraction of sp³-hybridized carbons (Fsp3) is 0.600. The summed E-state index contributed by atoms with van der Waals surface area (Å²) < 4.78 is 1.54. The van der Waals surface area contributed by atoms with Gasteiger partial charge in [-0.05, 0) is 18.3 Å². The quantitative estimate of drug-likeness (QED) is 0.723. The number of rotatable bonds is 1. The third kappa shape index (κ3) is 2.49. The number of carboxylic acid groups (broad SMARTS) is 1. The van der Waals surface area contributed by atoms with E-state index in [-0.39, 0.29) is 29.0 Å². The zero-order valence-electron chi connectivity index (χ0n) is 14.0. The summed E-state index contributed by atoms with van der Waals surface area (Å²) in [4.78, 5) is 36.5. The van der Waals surface area contributed by atoms with E-state index in [4.69, 9.17) is 5.73 Å². The number of H-pyrrole nitrogens is 1. The number of carbonyl (C=O) groups is 1. The van der Waals surface area contributed by atoms with Gasteiger partial charge >= 0.3 is 11.8 Å². The average molecular weight is 334 g/mol. The Kier molecular flexibility index (Phi) is 3.73. The van der Waals surface area contributed by atoms with Crippen molar-refractivity contribution >= 4 is 23.1 Å². The molecule has 3 rings (SSSR count). The molecule has 1 saturated heterocycles. The second-order valence-corrected chi connectivity index (χ2v) is 7.25. The van der Waals surface area contributed by atoms with Crippen LogP contribution in [0.3, 0.4) is 0 Å². The number of likely N-dealkylation sites (tertiary alicyclic amines) is 1. The van der Waals surface area contributed by atoms with Crippen molar-refractivity contribution in [1.29, 1.82) is 0 Å². The standard InChI is InChI=1S/C15H22N6O3/c1-15(2,3)10-8(5-4-6-20(10)14(23)24)21-12-9(19-13(21)22)11(16)17-7-18-12/h7-8,10H,4-6H2,1-3H3,(H,19,22)(H,23,24)(H2,16,17,18)/t8?,10-/m0/s1. The minimum atomic E-state index is -0.971. The van der Waals surface area contributed by atoms with Gasteiger partial charge in [0.1, 0.15) is 11.8 Å². The van der Waals surface area contributed by atoms with Gasteiger partial charge in [0.2, 0.25) is 0 Å². The summed E-state index contributed by atoms with van der Waals surface area (Å²) in [5, 5.41) is 9.60. The molecular formula is C15H22N6O3. The average Bonchev–Trinajstić information content (AvgIpc) is 2.83. The van der Waals surface area contributed by atoms with Crippen molar-refractivity contribution in [2.45, 2.75) is 45.7 Å². The van der Waals surface area contributed by atoms with Gasteiger partial charge in [-0.25, -0.2) is 19.6 Å². The monoisotopic (exact) mass is 334 g/mol. The molecule has 0 bridgehead atoms. The van der Waals surface area contributed by atoms with Crippen LogP contribution < -0.4 is 11.4 Å². The van der Waals surface area contributed by atoms with Crippen molar-refractivity contribution in [1.82, 2.24) is 24.4 Å². The van der Waals surface area contributed by atoms with E-state index in [1.54, 1.807) is 4.57 Å². The van der Waals surface area contributed by atoms with Crippen molar-refractivity contribution in [3.63, 3.8) is 0 Å². The highest BCUT2D eigenvalue weighted by atomic mass is 16.4. The largest absolute Gasteiger partial charge is 0.465 e. The molecule has 0 saturated carbocycles. The third-order valence-electron chi connectivity index (χ3n) is 4.60. The van der Waals surface area contributed by atoms with Crippen molar-refractivity contribution in [2.24, 2.45) is 5.41 Å². The van der Waals surface area contributed by atoms with Crippen LogP contribution in [0.4, 0.5) is 10.6 Å². The molecule has 1 aliphatic rings. The first-order valence-corrected chi connectivity index (χ1v) is 7.92. The van der Waals surface area contributed by atoms with E-state index >= 15 is 0 Å². The van der Waals surface area contributed by atoms with Crippen LogP contribution in [0.2, 0.25) is 0 Å². The molecule has 2 atom stereocenters. The molecule has 2 aromatic heterocycles. The molecule has 0 radical (unpaired) electrons. The van der Waals surface area contributed by atoms with Crippen LogP contribution in [-0.2, 0) is 0 Å². The Hall–Kier alpha value is -2.58. The molecule has 9 nitrogen and oxygen atoms in total. The lowest BCUT2D eigenvalue weighted by atomic mass is 9.77. The second kappa shape index (κ2) is 5.50. The van der Waals surface area contributed by atoms with E-state index in [1.807, 2.05) is 20.8 Å². The molecule has 2 aromatic rings. The Bertz CT molecular complexity index is 834. The molecule has 1 aliphatic heterocycles. The van der Waals surface area contributed by atoms with Crippen molar-refractivity contribution < 1.29 is 9.90 Å². The van der Waals surface area contributed by atoms with Crippen LogP contribution in [0.25, 0.3) is 11.2 Å². The Morgan fingerprint density at radius 3 is 2.75 bits per heavy atom. The third-order valence-corrected chi connectivity index (χ3v) is 4.60. The normalized spacial score (nSPS) is 22.0. The molecule has 1 amide bonds. The minimum absolute atomic E-state index is 0.203. The number of aromatic nitrogens is 4. The van der Waals surface area contributed by atoms with Crippen molar-refractivity contribution in [3.05, 3.63) is 16.8 Å². The number of aromatic amines is 1. The summed E-state index contributed by atoms with van der Waals surface area (Å²) in [6.45, 7) is 6.40. The molecule has 24 heavy (non-hydrogen) atoms. The van der Waals surface area contributed by atoms with Crippen LogP contribution in [0.15, 0.2) is 11.1 Å². The molecule has 130 valence electrons. The van der Waals surface area contributed by atoms with Gasteiger partial charge < -0.3 is 20.7 Å². The number of amides is 1. The van der Waals surface area contributed by atoms with E-state index in [2.05, 4.69) is 15.0 Å². The number of anilines is 1. The van der Waals surface area contributed by atoms with E-state index in [1.165, 1.54) is 11.2 Å². The summed E-state index contributed by atoms with van der Waals surface area (Å²) in [6.07, 6.45) is 1.72. The van der Waals surface area contributed by atoms with Gasteiger partial charge in [-0.15, -0.1) is 0 Å². The maximum Gasteiger partial charge on any atom is 0.407 e. The maximum atomic E-state index is 12.6. The van der Waals surface area contributed by atoms with Gasteiger partial charge in [-0.2, -0.15) is 0 Å². The van der Waals surface area contributed by atoms with E-state index in [9.17, 15) is 14.7 Å². The summed E-state index contributed by atoms with van der Waals surface area (Å²) in [5.41, 5.74) is 5.95. The molecule has 1 unspecified atom stereocenters. The lowest BCUT2D eigenvalue weighted by Gasteiger charge is -2.46. The Morgan fingerprint density at radius 1 is 1.42 bits per heavy atom. The lowest BCUT2D eigenvalue weighted by Crippen LogP contribution is -2.55. The highest BCUT2D eigenvalue weighted by Gasteiger charge is 2.43. The van der Waals surface area contributed by atoms with Crippen LogP contribution in [0.5, 0.6) is 0 Å². The molecular weight excluding hydrogens is 312 g/mol. The van der Waals surface area contributed by atoms with Gasteiger partial charge in [0.25, 0.3) is 0 Å². The number of hydrogen-bond acceptors (Lipinski definition) is 5. The summed E-state index contributed by atoms with van der Waals surface area (Å²) in [6, 6.07) is -0.665. The fourth-order valence-corrected chi connectivity index (χ4v) is 3.77. The number of nitrogens with two attached hydrogens (primary N) is 1. The summed E-state index contributed by atoms with van der Waals surface area (Å²) in [7, 11) is 0. The smallest absolute Gasteiger partial charge is 0.407 e. The van der Waals surface area contributed by atoms with Crippen molar-refractivity contribution in [2.75, 3.05) is 12.3 Å². The highest BCUT2D eigenvalue weighted by molar-refractivity contribution is 5.81. The first-order valence-electron chi connectivity index (χ1n) is 7.92. The number of hydrogen-bond donors (Lipinski definition) is 3. The SMILES string of the molecule is CC(C)(C)[C@@H]1C(n2c(=O)[nH]c3c(N)ncnc32)CCCN1C(=O)O. The van der Waals surface area contributed by atoms with Gasteiger partial charge in [-0.1, -0.05) is 20.8 Å². The minimum Gasteiger partial charge on any atom is -0.465 e. The topological polar surface area (TPSA) is 130 Å². The predicted octanol–water partition coefficient (Wildman–Crippen LogP) is 1.43. The Balaban J connectivity index is 2.20. The van der Waals surface area contributed by atoms with Crippen LogP contribution in [-0.4, -0.2) is 48.2 Å². The Morgan fingerprint density at radius 2 is 2.12 bits per heavy atom. The first-order chi connectivity index (χ1) is 11.2. The first kappa shape index (κ1) is 16.3. The molecule has 1 fully saturated rings. The maximum absolute atomic E-state index is 12.6. The number of imidazole rings is 1. The number of nitrogen functional groups attached to an aromatic ring is 1. The molecule has 9 heteroatoms. The van der Waals surface area contributed by atoms with Gasteiger partial charge in [0, 0.05) is 6.54 Å². The molecule has 0 aromatic carbocycles. The van der Waals surface area contributed by atoms with Gasteiger partial charge in [0.15, 0.2) is 11.5 Å². The zero-order chi connectivity index (χ0) is 17.6. The highest BCUT2D eigenvalue weighted by Crippen LogP contribution is 2.39. The number of fused-ring (bicyclic) bond motifs is 1. The van der Waals surface area contributed by atoms with E-state index < -0.39 is 6.09 Å². The molecule has 0 aliphatic carbocycles. The predicted molar refractivity (Wildman–Crippen MR) is 88.8 cm³/mol. The summed E-state index contributed by atoms with van der Waals surface area (Å²) >= 11 is 0. The molecule has 0 spiro atoms. The number of nitrogens with zero attached hydrogens (tertiary/aromatic N) is 4. The van der Waals surface area contributed by atoms with E-state index in [0.29, 0.717) is 30.6 Å². The van der Waals surface area contributed by atoms with Crippen LogP contribution >= 0.6 is 0 Å². The van der Waals surface area contributed by atoms with E-state index in [0.717, 1.165) is 0 Å². The molecule has 4 N–H and O–H groups in total. The summed E-state index contributed by atoms with van der Waals surface area (Å²) in [5.74, 6) is 0.203. The second-order valence-electron chi connectivity index (χ2n) is 7.25. The number of nitrogens with one attached hydrogen (secondary N) is 1. The van der Waals surface area contributed by atoms with Crippen LogP contribution in [0.1, 0.15) is 39.7 Å². The fourth-order valence-electron chi connectivity index (χ4n) is 3.77. The van der Waals surface area contributed by atoms with Gasteiger partial charge in [-0.3, -0.25) is 4.57 Å². The lowest BCUT2D eigenvalue weighted by molar-refractivity contribution is 0.0274. The van der Waals surface area contributed by atoms with Crippen molar-refractivity contribution in [3.8, 4) is 0 Å².